The van der Waals surface area contributed by atoms with Crippen LogP contribution in [0.3, 0.4) is 0 Å². The molecule has 0 aliphatic heterocycles. The molecule has 4 heteroatoms. The summed E-state index contributed by atoms with van der Waals surface area (Å²) < 4.78 is 0.983. The third kappa shape index (κ3) is 3.53. The van der Waals surface area contributed by atoms with Crippen LogP contribution in [-0.2, 0) is 0 Å². The third-order valence-electron chi connectivity index (χ3n) is 1.68. The van der Waals surface area contributed by atoms with E-state index in [1.54, 1.807) is 12.4 Å². The van der Waals surface area contributed by atoms with E-state index in [4.69, 9.17) is 11.6 Å². The summed E-state index contributed by atoms with van der Waals surface area (Å²) in [5, 5.41) is 3.29. The molecule has 0 saturated heterocycles. The largest absolute Gasteiger partial charge is 0.384 e. The van der Waals surface area contributed by atoms with Crippen LogP contribution in [0, 0.1) is 5.92 Å². The van der Waals surface area contributed by atoms with Gasteiger partial charge in [0.25, 0.3) is 0 Å². The number of halogens is 2. The van der Waals surface area contributed by atoms with E-state index >= 15 is 0 Å². The first-order valence-corrected chi connectivity index (χ1v) is 5.46. The van der Waals surface area contributed by atoms with Crippen LogP contribution in [0.15, 0.2) is 22.9 Å². The van der Waals surface area contributed by atoms with Crippen LogP contribution in [0.2, 0.25) is 0 Å². The molecule has 0 spiro atoms. The second-order valence-corrected chi connectivity index (χ2v) is 4.16. The SMILES string of the molecule is CC(CCl)CNc1ccncc1Br. The number of nitrogens with zero attached hydrogens (tertiary/aromatic N) is 1. The summed E-state index contributed by atoms with van der Waals surface area (Å²) in [5.41, 5.74) is 1.06. The first-order chi connectivity index (χ1) is 6.24. The van der Waals surface area contributed by atoms with Gasteiger partial charge >= 0.3 is 0 Å². The van der Waals surface area contributed by atoms with Crippen molar-refractivity contribution in [2.45, 2.75) is 6.92 Å². The van der Waals surface area contributed by atoms with Crippen LogP contribution in [0.4, 0.5) is 5.69 Å². The number of hydrogen-bond acceptors (Lipinski definition) is 2. The molecule has 0 radical (unpaired) electrons. The average Bonchev–Trinajstić information content (AvgIpc) is 2.16. The van der Waals surface area contributed by atoms with Gasteiger partial charge in [0, 0.05) is 24.8 Å². The molecule has 0 bridgehead atoms. The highest BCUT2D eigenvalue weighted by Crippen LogP contribution is 2.20. The molecule has 1 aromatic heterocycles. The Bertz CT molecular complexity index is 268. The van der Waals surface area contributed by atoms with Crippen molar-refractivity contribution in [1.82, 2.24) is 4.98 Å². The smallest absolute Gasteiger partial charge is 0.0590 e. The van der Waals surface area contributed by atoms with Gasteiger partial charge in [0.1, 0.15) is 0 Å². The molecule has 13 heavy (non-hydrogen) atoms. The summed E-state index contributed by atoms with van der Waals surface area (Å²) in [7, 11) is 0. The van der Waals surface area contributed by atoms with Crippen molar-refractivity contribution in [2.24, 2.45) is 5.92 Å². The molecule has 1 heterocycles. The Morgan fingerprint density at radius 3 is 3.08 bits per heavy atom. The van der Waals surface area contributed by atoms with Crippen LogP contribution in [0.25, 0.3) is 0 Å². The van der Waals surface area contributed by atoms with E-state index in [0.717, 1.165) is 16.7 Å². The average molecular weight is 264 g/mol. The van der Waals surface area contributed by atoms with Crippen LogP contribution < -0.4 is 5.32 Å². The van der Waals surface area contributed by atoms with Gasteiger partial charge in [-0.3, -0.25) is 4.98 Å². The topological polar surface area (TPSA) is 24.9 Å². The third-order valence-corrected chi connectivity index (χ3v) is 2.84. The minimum atomic E-state index is 0.474. The number of hydrogen-bond donors (Lipinski definition) is 1. The molecule has 0 aliphatic carbocycles. The maximum atomic E-state index is 5.69. The van der Waals surface area contributed by atoms with Crippen molar-refractivity contribution < 1.29 is 0 Å². The van der Waals surface area contributed by atoms with Gasteiger partial charge in [-0.15, -0.1) is 11.6 Å². The molecule has 1 rings (SSSR count). The Labute approximate surface area is 91.8 Å². The van der Waals surface area contributed by atoms with Crippen LogP contribution in [0.5, 0.6) is 0 Å². The highest BCUT2D eigenvalue weighted by Gasteiger charge is 2.01. The predicted molar refractivity (Wildman–Crippen MR) is 60.3 cm³/mol. The van der Waals surface area contributed by atoms with Crippen molar-refractivity contribution >= 4 is 33.2 Å². The van der Waals surface area contributed by atoms with E-state index in [-0.39, 0.29) is 0 Å². The van der Waals surface area contributed by atoms with Gasteiger partial charge in [-0.25, -0.2) is 0 Å². The summed E-state index contributed by atoms with van der Waals surface area (Å²) in [4.78, 5) is 3.98. The van der Waals surface area contributed by atoms with E-state index in [2.05, 4.69) is 33.2 Å². The highest BCUT2D eigenvalue weighted by atomic mass is 79.9. The minimum absolute atomic E-state index is 0.474. The Hall–Kier alpha value is -0.280. The lowest BCUT2D eigenvalue weighted by Gasteiger charge is -2.11. The van der Waals surface area contributed by atoms with Gasteiger partial charge in [0.15, 0.2) is 0 Å². The van der Waals surface area contributed by atoms with Gasteiger partial charge in [-0.1, -0.05) is 6.92 Å². The summed E-state index contributed by atoms with van der Waals surface area (Å²) in [5.74, 6) is 1.15. The molecule has 1 unspecified atom stereocenters. The quantitative estimate of drug-likeness (QED) is 0.844. The zero-order valence-electron chi connectivity index (χ0n) is 7.43. The zero-order chi connectivity index (χ0) is 9.68. The molecule has 0 fully saturated rings. The number of anilines is 1. The lowest BCUT2D eigenvalue weighted by atomic mass is 10.2. The lowest BCUT2D eigenvalue weighted by molar-refractivity contribution is 0.696. The Kier molecular flexibility index (Phi) is 4.53. The van der Waals surface area contributed by atoms with Gasteiger partial charge < -0.3 is 5.32 Å². The van der Waals surface area contributed by atoms with Gasteiger partial charge in [0.2, 0.25) is 0 Å². The Balaban J connectivity index is 2.50. The number of rotatable bonds is 4. The van der Waals surface area contributed by atoms with Gasteiger partial charge in [0.05, 0.1) is 10.2 Å². The summed E-state index contributed by atoms with van der Waals surface area (Å²) >= 11 is 9.10. The second-order valence-electron chi connectivity index (χ2n) is 3.00. The van der Waals surface area contributed by atoms with Crippen molar-refractivity contribution in [3.05, 3.63) is 22.9 Å². The summed E-state index contributed by atoms with van der Waals surface area (Å²) in [6, 6.07) is 1.94. The summed E-state index contributed by atoms with van der Waals surface area (Å²) in [6.07, 6.45) is 3.53. The first-order valence-electron chi connectivity index (χ1n) is 4.13. The van der Waals surface area contributed by atoms with Crippen LogP contribution in [0.1, 0.15) is 6.92 Å². The van der Waals surface area contributed by atoms with Crippen LogP contribution in [-0.4, -0.2) is 17.4 Å². The van der Waals surface area contributed by atoms with Gasteiger partial charge in [-0.05, 0) is 27.9 Å². The van der Waals surface area contributed by atoms with Crippen LogP contribution >= 0.6 is 27.5 Å². The molecule has 2 nitrogen and oxygen atoms in total. The molecule has 72 valence electrons. The monoisotopic (exact) mass is 262 g/mol. The number of aromatic nitrogens is 1. The van der Waals surface area contributed by atoms with Crippen molar-refractivity contribution in [3.63, 3.8) is 0 Å². The van der Waals surface area contributed by atoms with E-state index in [0.29, 0.717) is 11.8 Å². The maximum Gasteiger partial charge on any atom is 0.0590 e. The van der Waals surface area contributed by atoms with E-state index in [9.17, 15) is 0 Å². The molecule has 0 aromatic carbocycles. The molecule has 1 N–H and O–H groups in total. The second kappa shape index (κ2) is 5.45. The fourth-order valence-corrected chi connectivity index (χ4v) is 1.36. The molecule has 1 atom stereocenters. The lowest BCUT2D eigenvalue weighted by Crippen LogP contribution is -2.12. The van der Waals surface area contributed by atoms with E-state index in [1.807, 2.05) is 6.07 Å². The van der Waals surface area contributed by atoms with E-state index < -0.39 is 0 Å². The zero-order valence-corrected chi connectivity index (χ0v) is 9.77. The molecule has 0 saturated carbocycles. The molecule has 0 amide bonds. The first kappa shape index (κ1) is 10.8. The Morgan fingerprint density at radius 1 is 1.69 bits per heavy atom. The maximum absolute atomic E-state index is 5.69. The molecular weight excluding hydrogens is 251 g/mol. The van der Waals surface area contributed by atoms with Crippen molar-refractivity contribution in [1.29, 1.82) is 0 Å². The van der Waals surface area contributed by atoms with Crippen molar-refractivity contribution in [3.8, 4) is 0 Å². The normalized spacial score (nSPS) is 12.5. The van der Waals surface area contributed by atoms with E-state index in [1.165, 1.54) is 0 Å². The standard InChI is InChI=1S/C9H12BrClN2/c1-7(4-11)5-13-9-2-3-12-6-8(9)10/h2-3,6-7H,4-5H2,1H3,(H,12,13). The van der Waals surface area contributed by atoms with Gasteiger partial charge in [-0.2, -0.15) is 0 Å². The molecule has 1 aromatic rings. The molecule has 0 aliphatic rings. The minimum Gasteiger partial charge on any atom is -0.384 e. The van der Waals surface area contributed by atoms with Crippen molar-refractivity contribution in [2.75, 3.05) is 17.7 Å². The number of nitrogens with one attached hydrogen (secondary N) is 1. The Morgan fingerprint density at radius 2 is 2.46 bits per heavy atom. The summed E-state index contributed by atoms with van der Waals surface area (Å²) in [6.45, 7) is 2.99. The number of pyridine rings is 1. The predicted octanol–water partition coefficient (Wildman–Crippen LogP) is 3.13. The highest BCUT2D eigenvalue weighted by molar-refractivity contribution is 9.10. The number of alkyl halides is 1. The fraction of sp³-hybridized carbons (Fsp3) is 0.444. The fourth-order valence-electron chi connectivity index (χ4n) is 0.857. The molecular formula is C9H12BrClN2.